The van der Waals surface area contributed by atoms with Crippen LogP contribution in [0.5, 0.6) is 0 Å². The number of alkyl halides is 1. The van der Waals surface area contributed by atoms with Crippen LogP contribution < -0.4 is 0 Å². The Kier molecular flexibility index (Phi) is 11.7. The predicted molar refractivity (Wildman–Crippen MR) is 130 cm³/mol. The third-order valence-electron chi connectivity index (χ3n) is 5.90. The monoisotopic (exact) mass is 476 g/mol. The van der Waals surface area contributed by atoms with Crippen molar-refractivity contribution in [3.8, 4) is 0 Å². The van der Waals surface area contributed by atoms with Crippen molar-refractivity contribution in [2.75, 3.05) is 13.2 Å². The minimum absolute atomic E-state index is 0.0329. The number of hydrogen-bond donors (Lipinski definition) is 2. The standard InChI is InChI=1S/C27H37ClO5/c28-23-15-26(12-14-32-20-22-9-5-2-6-10-22)33-27(16-23)18-25(30)17-24(29)11-13-31-19-21-7-3-1-4-8-21/h1-10,23-27,29-30H,11-20H2/t23-,24-,25+,26+,27+/m1/s1. The summed E-state index contributed by atoms with van der Waals surface area (Å²) in [6.45, 7) is 2.18. The van der Waals surface area contributed by atoms with Gasteiger partial charge in [0.15, 0.2) is 0 Å². The van der Waals surface area contributed by atoms with Gasteiger partial charge in [0, 0.05) is 18.6 Å². The van der Waals surface area contributed by atoms with Crippen molar-refractivity contribution in [2.24, 2.45) is 0 Å². The van der Waals surface area contributed by atoms with E-state index in [4.69, 9.17) is 25.8 Å². The van der Waals surface area contributed by atoms with Gasteiger partial charge in [-0.25, -0.2) is 0 Å². The molecule has 0 unspecified atom stereocenters. The van der Waals surface area contributed by atoms with Gasteiger partial charge in [0.25, 0.3) is 0 Å². The molecule has 0 spiro atoms. The Morgan fingerprint density at radius 3 is 2.03 bits per heavy atom. The summed E-state index contributed by atoms with van der Waals surface area (Å²) in [5.74, 6) is 0. The zero-order valence-electron chi connectivity index (χ0n) is 19.2. The van der Waals surface area contributed by atoms with Gasteiger partial charge in [0.2, 0.25) is 0 Å². The summed E-state index contributed by atoms with van der Waals surface area (Å²) in [6, 6.07) is 20.0. The lowest BCUT2D eigenvalue weighted by Gasteiger charge is -2.34. The van der Waals surface area contributed by atoms with Gasteiger partial charge in [-0.1, -0.05) is 60.7 Å². The van der Waals surface area contributed by atoms with Crippen LogP contribution in [-0.4, -0.2) is 53.2 Å². The average Bonchev–Trinajstić information content (AvgIpc) is 2.80. The Labute approximate surface area is 202 Å². The molecule has 2 N–H and O–H groups in total. The smallest absolute Gasteiger partial charge is 0.0716 e. The summed E-state index contributed by atoms with van der Waals surface area (Å²) >= 11 is 6.47. The van der Waals surface area contributed by atoms with Crippen molar-refractivity contribution in [1.82, 2.24) is 0 Å². The maximum atomic E-state index is 10.5. The third kappa shape index (κ3) is 10.6. The van der Waals surface area contributed by atoms with Gasteiger partial charge < -0.3 is 24.4 Å². The Morgan fingerprint density at radius 1 is 0.818 bits per heavy atom. The zero-order chi connectivity index (χ0) is 23.3. The molecule has 0 saturated carbocycles. The highest BCUT2D eigenvalue weighted by atomic mass is 35.5. The first-order valence-electron chi connectivity index (χ1n) is 12.0. The number of hydrogen-bond acceptors (Lipinski definition) is 5. The van der Waals surface area contributed by atoms with Crippen LogP contribution in [0.15, 0.2) is 60.7 Å². The molecule has 1 saturated heterocycles. The van der Waals surface area contributed by atoms with Crippen LogP contribution in [0.4, 0.5) is 0 Å². The molecule has 5 atom stereocenters. The number of halogens is 1. The molecule has 2 aromatic carbocycles. The summed E-state index contributed by atoms with van der Waals surface area (Å²) < 4.78 is 17.6. The predicted octanol–water partition coefficient (Wildman–Crippen LogP) is 4.86. The van der Waals surface area contributed by atoms with Crippen molar-refractivity contribution in [3.63, 3.8) is 0 Å². The largest absolute Gasteiger partial charge is 0.393 e. The normalized spacial score (nSPS) is 22.7. The summed E-state index contributed by atoms with van der Waals surface area (Å²) in [6.07, 6.45) is 2.28. The van der Waals surface area contributed by atoms with Gasteiger partial charge in [-0.2, -0.15) is 0 Å². The fourth-order valence-corrected chi connectivity index (χ4v) is 4.58. The first-order chi connectivity index (χ1) is 16.1. The van der Waals surface area contributed by atoms with E-state index in [9.17, 15) is 10.2 Å². The first kappa shape index (κ1) is 26.1. The highest BCUT2D eigenvalue weighted by molar-refractivity contribution is 6.20. The van der Waals surface area contributed by atoms with E-state index in [0.717, 1.165) is 30.4 Å². The van der Waals surface area contributed by atoms with Crippen LogP contribution in [-0.2, 0) is 27.4 Å². The van der Waals surface area contributed by atoms with Gasteiger partial charge in [0.05, 0.1) is 37.6 Å². The molecule has 1 fully saturated rings. The van der Waals surface area contributed by atoms with E-state index in [1.165, 1.54) is 0 Å². The molecule has 33 heavy (non-hydrogen) atoms. The SMILES string of the molecule is O[C@H](CCOCc1ccccc1)C[C@H](O)C[C@@H]1C[C@H](Cl)C[C@H](CCOCc2ccccc2)O1. The number of aliphatic hydroxyl groups is 2. The average molecular weight is 477 g/mol. The summed E-state index contributed by atoms with van der Waals surface area (Å²) in [5, 5.41) is 20.8. The lowest BCUT2D eigenvalue weighted by atomic mass is 9.96. The second-order valence-electron chi connectivity index (χ2n) is 8.88. The molecule has 1 aliphatic rings. The maximum Gasteiger partial charge on any atom is 0.0716 e. The fourth-order valence-electron chi connectivity index (χ4n) is 4.18. The molecule has 2 aromatic rings. The van der Waals surface area contributed by atoms with Crippen LogP contribution in [0.1, 0.15) is 49.7 Å². The van der Waals surface area contributed by atoms with Crippen molar-refractivity contribution in [3.05, 3.63) is 71.8 Å². The van der Waals surface area contributed by atoms with E-state index < -0.39 is 12.2 Å². The molecule has 0 amide bonds. The Balaban J connectivity index is 1.28. The van der Waals surface area contributed by atoms with E-state index in [1.807, 2.05) is 60.7 Å². The van der Waals surface area contributed by atoms with E-state index in [-0.39, 0.29) is 17.6 Å². The van der Waals surface area contributed by atoms with Crippen molar-refractivity contribution < 1.29 is 24.4 Å². The molecule has 3 rings (SSSR count). The minimum atomic E-state index is -0.629. The molecular formula is C27H37ClO5. The molecule has 0 bridgehead atoms. The molecule has 0 aliphatic carbocycles. The summed E-state index contributed by atoms with van der Waals surface area (Å²) in [7, 11) is 0. The Bertz CT molecular complexity index is 760. The van der Waals surface area contributed by atoms with Crippen LogP contribution in [0.2, 0.25) is 0 Å². The second kappa shape index (κ2) is 14.7. The highest BCUT2D eigenvalue weighted by Gasteiger charge is 2.30. The van der Waals surface area contributed by atoms with Gasteiger partial charge >= 0.3 is 0 Å². The number of benzene rings is 2. The summed E-state index contributed by atoms with van der Waals surface area (Å²) in [4.78, 5) is 0. The minimum Gasteiger partial charge on any atom is -0.393 e. The number of rotatable bonds is 14. The van der Waals surface area contributed by atoms with Crippen molar-refractivity contribution in [2.45, 2.75) is 81.5 Å². The Morgan fingerprint density at radius 2 is 1.39 bits per heavy atom. The molecule has 1 heterocycles. The lowest BCUT2D eigenvalue weighted by Crippen LogP contribution is -2.36. The molecule has 0 radical (unpaired) electrons. The van der Waals surface area contributed by atoms with Gasteiger partial charge in [-0.05, 0) is 49.7 Å². The molecule has 5 nitrogen and oxygen atoms in total. The topological polar surface area (TPSA) is 68.2 Å². The van der Waals surface area contributed by atoms with E-state index in [1.54, 1.807) is 0 Å². The lowest BCUT2D eigenvalue weighted by molar-refractivity contribution is -0.0819. The highest BCUT2D eigenvalue weighted by Crippen LogP contribution is 2.28. The molecule has 0 aromatic heterocycles. The first-order valence-corrected chi connectivity index (χ1v) is 12.4. The summed E-state index contributed by atoms with van der Waals surface area (Å²) in [5.41, 5.74) is 2.26. The third-order valence-corrected chi connectivity index (χ3v) is 6.26. The quantitative estimate of drug-likeness (QED) is 0.301. The van der Waals surface area contributed by atoms with Gasteiger partial charge in [0.1, 0.15) is 0 Å². The van der Waals surface area contributed by atoms with Crippen LogP contribution in [0.3, 0.4) is 0 Å². The van der Waals surface area contributed by atoms with Crippen molar-refractivity contribution in [1.29, 1.82) is 0 Å². The van der Waals surface area contributed by atoms with E-state index in [0.29, 0.717) is 45.7 Å². The molecule has 1 aliphatic heterocycles. The van der Waals surface area contributed by atoms with E-state index >= 15 is 0 Å². The van der Waals surface area contributed by atoms with Crippen LogP contribution in [0.25, 0.3) is 0 Å². The molecule has 6 heteroatoms. The number of aliphatic hydroxyl groups excluding tert-OH is 2. The van der Waals surface area contributed by atoms with E-state index in [2.05, 4.69) is 0 Å². The van der Waals surface area contributed by atoms with Crippen LogP contribution >= 0.6 is 11.6 Å². The fraction of sp³-hybridized carbons (Fsp3) is 0.556. The Hall–Kier alpha value is -1.47. The molecule has 182 valence electrons. The van der Waals surface area contributed by atoms with Gasteiger partial charge in [-0.15, -0.1) is 11.6 Å². The van der Waals surface area contributed by atoms with Crippen molar-refractivity contribution >= 4 is 11.6 Å². The molecular weight excluding hydrogens is 440 g/mol. The maximum absolute atomic E-state index is 10.5. The number of ether oxygens (including phenoxy) is 3. The van der Waals surface area contributed by atoms with Gasteiger partial charge in [-0.3, -0.25) is 0 Å². The zero-order valence-corrected chi connectivity index (χ0v) is 20.0. The van der Waals surface area contributed by atoms with Crippen LogP contribution in [0, 0.1) is 0 Å². The second-order valence-corrected chi connectivity index (χ2v) is 9.50.